The molecular weight excluding hydrogens is 739 g/mol. The summed E-state index contributed by atoms with van der Waals surface area (Å²) in [6, 6.07) is 84.1. The highest BCUT2D eigenvalue weighted by atomic mass is 15.2. The molecule has 11 aromatic rings. The van der Waals surface area contributed by atoms with Crippen LogP contribution in [-0.2, 0) is 0 Å². The number of aromatic nitrogens is 3. The lowest BCUT2D eigenvalue weighted by Gasteiger charge is -2.15. The molecule has 8 aromatic carbocycles. The van der Waals surface area contributed by atoms with Gasteiger partial charge in [0, 0.05) is 33.2 Å². The number of fused-ring (bicyclic) bond motifs is 3. The molecule has 0 amide bonds. The van der Waals surface area contributed by atoms with Crippen molar-refractivity contribution in [2.75, 3.05) is 0 Å². The minimum absolute atomic E-state index is 0.918. The normalized spacial score (nSPS) is 11.3. The summed E-state index contributed by atoms with van der Waals surface area (Å²) in [6.45, 7) is 0. The Labute approximate surface area is 355 Å². The molecule has 11 rings (SSSR count). The van der Waals surface area contributed by atoms with Crippen LogP contribution in [0.5, 0.6) is 0 Å². The topological polar surface area (TPSA) is 30.2 Å². The highest BCUT2D eigenvalue weighted by molar-refractivity contribution is 6.09. The largest absolute Gasteiger partial charge is 0.248 e. The summed E-state index contributed by atoms with van der Waals surface area (Å²) in [7, 11) is 0. The van der Waals surface area contributed by atoms with Crippen LogP contribution in [0, 0.1) is 0 Å². The molecule has 0 aliphatic heterocycles. The van der Waals surface area contributed by atoms with Crippen LogP contribution in [0.2, 0.25) is 0 Å². The van der Waals surface area contributed by atoms with Crippen molar-refractivity contribution in [3.8, 4) is 89.5 Å². The van der Waals surface area contributed by atoms with Gasteiger partial charge in [-0.1, -0.05) is 194 Å². The summed E-state index contributed by atoms with van der Waals surface area (Å²) in [5.41, 5.74) is 18.3. The zero-order valence-electron chi connectivity index (χ0n) is 33.4. The number of benzene rings is 8. The van der Waals surface area contributed by atoms with Gasteiger partial charge in [0.1, 0.15) is 5.69 Å². The Kier molecular flexibility index (Phi) is 9.18. The van der Waals surface area contributed by atoms with E-state index in [1.165, 1.54) is 11.1 Å². The third kappa shape index (κ3) is 6.88. The lowest BCUT2D eigenvalue weighted by Crippen LogP contribution is -1.96. The van der Waals surface area contributed by atoms with Crippen LogP contribution < -0.4 is 0 Å². The summed E-state index contributed by atoms with van der Waals surface area (Å²) in [5.74, 6) is 0. The Bertz CT molecular complexity index is 3250. The van der Waals surface area contributed by atoms with E-state index in [1.807, 2.05) is 0 Å². The summed E-state index contributed by atoms with van der Waals surface area (Å²) < 4.78 is 2.16. The molecule has 0 saturated heterocycles. The van der Waals surface area contributed by atoms with Gasteiger partial charge in [-0.2, -0.15) is 5.10 Å². The van der Waals surface area contributed by atoms with Crippen molar-refractivity contribution < 1.29 is 0 Å². The third-order valence-electron chi connectivity index (χ3n) is 11.6. The molecule has 0 spiro atoms. The zero-order valence-corrected chi connectivity index (χ0v) is 33.4. The van der Waals surface area contributed by atoms with Gasteiger partial charge in [0.25, 0.3) is 0 Å². The quantitative estimate of drug-likeness (QED) is 0.154. The standard InChI is InChI=1S/C58H39N3/c1-7-19-40(20-8-1)47-34-48(41-21-9-2-10-22-41)36-51(35-47)54-38-49(37-53(59-54)42-23-11-3-12-24-42)46-31-32-52-50(33-46)39-55(43-25-13-4-14-26-43)61-58(52)56(44-27-15-5-16-28-44)57(60-61)45-29-17-6-18-30-45/h1-39H. The average Bonchev–Trinajstić information content (AvgIpc) is 3.76. The first-order chi connectivity index (χ1) is 30.2. The van der Waals surface area contributed by atoms with Gasteiger partial charge in [-0.3, -0.25) is 0 Å². The van der Waals surface area contributed by atoms with Gasteiger partial charge in [0.05, 0.1) is 22.6 Å². The SMILES string of the molecule is c1ccc(-c2cc(-c3ccccc3)cc(-c3cc(-c4ccc5c(c4)cc(-c4ccccc4)n4nc(-c6ccccc6)c(-c6ccccc6)c54)cc(-c4ccccc4)n3)c2)cc1. The fourth-order valence-corrected chi connectivity index (χ4v) is 8.59. The van der Waals surface area contributed by atoms with E-state index in [0.29, 0.717) is 0 Å². The lowest BCUT2D eigenvalue weighted by atomic mass is 9.93. The molecule has 0 atom stereocenters. The number of pyridine rings is 2. The number of hydrogen-bond acceptors (Lipinski definition) is 2. The van der Waals surface area contributed by atoms with Gasteiger partial charge in [-0.05, 0) is 86.8 Å². The van der Waals surface area contributed by atoms with Gasteiger partial charge in [0.15, 0.2) is 0 Å². The van der Waals surface area contributed by atoms with E-state index in [0.717, 1.165) is 94.7 Å². The Hall–Kier alpha value is -8.14. The van der Waals surface area contributed by atoms with Crippen molar-refractivity contribution >= 4 is 16.3 Å². The highest BCUT2D eigenvalue weighted by Crippen LogP contribution is 2.42. The minimum Gasteiger partial charge on any atom is -0.248 e. The predicted octanol–water partition coefficient (Wildman–Crippen LogP) is 15.2. The van der Waals surface area contributed by atoms with Crippen molar-refractivity contribution in [3.05, 3.63) is 237 Å². The van der Waals surface area contributed by atoms with Gasteiger partial charge in [-0.25, -0.2) is 9.50 Å². The first-order valence-electron chi connectivity index (χ1n) is 20.7. The molecular formula is C58H39N3. The smallest absolute Gasteiger partial charge is 0.101 e. The molecule has 0 aliphatic carbocycles. The summed E-state index contributed by atoms with van der Waals surface area (Å²) in [4.78, 5) is 5.39. The Balaban J connectivity index is 1.16. The molecule has 0 fully saturated rings. The van der Waals surface area contributed by atoms with Crippen molar-refractivity contribution in [2.45, 2.75) is 0 Å². The molecule has 0 saturated carbocycles. The molecule has 61 heavy (non-hydrogen) atoms. The summed E-state index contributed by atoms with van der Waals surface area (Å²) in [6.07, 6.45) is 0. The van der Waals surface area contributed by atoms with E-state index < -0.39 is 0 Å². The second-order valence-corrected chi connectivity index (χ2v) is 15.4. The zero-order chi connectivity index (χ0) is 40.5. The van der Waals surface area contributed by atoms with Crippen LogP contribution >= 0.6 is 0 Å². The predicted molar refractivity (Wildman–Crippen MR) is 254 cm³/mol. The fourth-order valence-electron chi connectivity index (χ4n) is 8.59. The fraction of sp³-hybridized carbons (Fsp3) is 0. The Morgan fingerprint density at radius 3 is 1.30 bits per heavy atom. The first kappa shape index (κ1) is 36.0. The van der Waals surface area contributed by atoms with Crippen LogP contribution in [-0.4, -0.2) is 14.6 Å². The molecule has 0 unspecified atom stereocenters. The van der Waals surface area contributed by atoms with Crippen molar-refractivity contribution in [1.29, 1.82) is 0 Å². The van der Waals surface area contributed by atoms with E-state index in [1.54, 1.807) is 0 Å². The van der Waals surface area contributed by atoms with E-state index in [9.17, 15) is 0 Å². The van der Waals surface area contributed by atoms with Crippen molar-refractivity contribution in [1.82, 2.24) is 14.6 Å². The van der Waals surface area contributed by atoms with Crippen molar-refractivity contribution in [3.63, 3.8) is 0 Å². The molecule has 3 heteroatoms. The molecule has 0 aliphatic rings. The van der Waals surface area contributed by atoms with Gasteiger partial charge in [0.2, 0.25) is 0 Å². The van der Waals surface area contributed by atoms with Crippen LogP contribution in [0.4, 0.5) is 0 Å². The first-order valence-corrected chi connectivity index (χ1v) is 20.7. The van der Waals surface area contributed by atoms with Crippen LogP contribution in [0.25, 0.3) is 106 Å². The number of rotatable bonds is 8. The van der Waals surface area contributed by atoms with Gasteiger partial charge in [-0.15, -0.1) is 0 Å². The molecule has 0 N–H and O–H groups in total. The molecule has 0 bridgehead atoms. The molecule has 286 valence electrons. The number of nitrogens with zero attached hydrogens (tertiary/aromatic N) is 3. The monoisotopic (exact) mass is 777 g/mol. The maximum absolute atomic E-state index is 5.42. The maximum Gasteiger partial charge on any atom is 0.101 e. The van der Waals surface area contributed by atoms with E-state index in [4.69, 9.17) is 10.1 Å². The van der Waals surface area contributed by atoms with Crippen LogP contribution in [0.15, 0.2) is 237 Å². The van der Waals surface area contributed by atoms with Crippen LogP contribution in [0.1, 0.15) is 0 Å². The second kappa shape index (κ2) is 15.6. The van der Waals surface area contributed by atoms with Crippen molar-refractivity contribution in [2.24, 2.45) is 0 Å². The Morgan fingerprint density at radius 1 is 0.295 bits per heavy atom. The summed E-state index contributed by atoms with van der Waals surface area (Å²) in [5, 5.41) is 7.70. The van der Waals surface area contributed by atoms with E-state index >= 15 is 0 Å². The molecule has 3 heterocycles. The second-order valence-electron chi connectivity index (χ2n) is 15.4. The maximum atomic E-state index is 5.42. The summed E-state index contributed by atoms with van der Waals surface area (Å²) >= 11 is 0. The average molecular weight is 778 g/mol. The van der Waals surface area contributed by atoms with Gasteiger partial charge < -0.3 is 0 Å². The van der Waals surface area contributed by atoms with Gasteiger partial charge >= 0.3 is 0 Å². The highest BCUT2D eigenvalue weighted by Gasteiger charge is 2.22. The van der Waals surface area contributed by atoms with E-state index in [-0.39, 0.29) is 0 Å². The van der Waals surface area contributed by atoms with Crippen LogP contribution in [0.3, 0.4) is 0 Å². The van der Waals surface area contributed by atoms with E-state index in [2.05, 4.69) is 241 Å². The lowest BCUT2D eigenvalue weighted by molar-refractivity contribution is 0.979. The molecule has 3 aromatic heterocycles. The third-order valence-corrected chi connectivity index (χ3v) is 11.6. The Morgan fingerprint density at radius 2 is 0.738 bits per heavy atom. The number of hydrogen-bond donors (Lipinski definition) is 0. The molecule has 0 radical (unpaired) electrons. The molecule has 3 nitrogen and oxygen atoms in total. The minimum atomic E-state index is 0.918.